The number of likely N-dealkylation sites (tertiary alicyclic amines) is 1. The third-order valence-electron chi connectivity index (χ3n) is 5.18. The lowest BCUT2D eigenvalue weighted by Gasteiger charge is -2.29. The summed E-state index contributed by atoms with van der Waals surface area (Å²) in [6, 6.07) is 5.53. The molecule has 28 heavy (non-hydrogen) atoms. The molecule has 0 aliphatic carbocycles. The SMILES string of the molecule is CC(=O)N1CCC(c2noc(CCNC(=O)Nc3ccc(C)c(C)c3)n2)CC1. The third-order valence-corrected chi connectivity index (χ3v) is 5.18. The molecule has 3 rings (SSSR count). The fraction of sp³-hybridized carbons (Fsp3) is 0.500. The van der Waals surface area contributed by atoms with Crippen molar-refractivity contribution in [2.45, 2.75) is 46.0 Å². The highest BCUT2D eigenvalue weighted by molar-refractivity contribution is 5.89. The normalized spacial score (nSPS) is 14.8. The summed E-state index contributed by atoms with van der Waals surface area (Å²) in [5.74, 6) is 1.53. The molecule has 8 nitrogen and oxygen atoms in total. The monoisotopic (exact) mass is 385 g/mol. The van der Waals surface area contributed by atoms with Gasteiger partial charge in [0.25, 0.3) is 0 Å². The smallest absolute Gasteiger partial charge is 0.319 e. The summed E-state index contributed by atoms with van der Waals surface area (Å²) >= 11 is 0. The van der Waals surface area contributed by atoms with Gasteiger partial charge in [-0.1, -0.05) is 11.2 Å². The number of piperidine rings is 1. The minimum Gasteiger partial charge on any atom is -0.343 e. The molecule has 1 saturated heterocycles. The van der Waals surface area contributed by atoms with Crippen LogP contribution in [0.25, 0.3) is 0 Å². The highest BCUT2D eigenvalue weighted by atomic mass is 16.5. The Balaban J connectivity index is 1.42. The van der Waals surface area contributed by atoms with Crippen LogP contribution in [-0.4, -0.2) is 46.6 Å². The maximum absolute atomic E-state index is 12.0. The van der Waals surface area contributed by atoms with Crippen molar-refractivity contribution in [1.82, 2.24) is 20.4 Å². The highest BCUT2D eigenvalue weighted by Gasteiger charge is 2.25. The molecule has 0 spiro atoms. The van der Waals surface area contributed by atoms with Gasteiger partial charge in [-0.05, 0) is 49.9 Å². The summed E-state index contributed by atoms with van der Waals surface area (Å²) in [4.78, 5) is 29.7. The quantitative estimate of drug-likeness (QED) is 0.824. The first-order valence-corrected chi connectivity index (χ1v) is 9.62. The number of benzene rings is 1. The van der Waals surface area contributed by atoms with Crippen LogP contribution in [0, 0.1) is 13.8 Å². The minimum absolute atomic E-state index is 0.109. The van der Waals surface area contributed by atoms with E-state index in [0.29, 0.717) is 24.7 Å². The average molecular weight is 385 g/mol. The minimum atomic E-state index is -0.264. The van der Waals surface area contributed by atoms with Gasteiger partial charge in [-0.15, -0.1) is 0 Å². The molecule has 150 valence electrons. The third kappa shape index (κ3) is 5.09. The first kappa shape index (κ1) is 19.9. The predicted molar refractivity (Wildman–Crippen MR) is 105 cm³/mol. The summed E-state index contributed by atoms with van der Waals surface area (Å²) in [7, 11) is 0. The van der Waals surface area contributed by atoms with Gasteiger partial charge >= 0.3 is 6.03 Å². The molecule has 8 heteroatoms. The van der Waals surface area contributed by atoms with Crippen LogP contribution >= 0.6 is 0 Å². The molecule has 1 aromatic heterocycles. The first-order chi connectivity index (χ1) is 13.4. The zero-order chi connectivity index (χ0) is 20.1. The van der Waals surface area contributed by atoms with E-state index in [1.165, 1.54) is 5.56 Å². The van der Waals surface area contributed by atoms with Gasteiger partial charge in [0.2, 0.25) is 11.8 Å². The Morgan fingerprint density at radius 2 is 1.96 bits per heavy atom. The molecule has 1 aromatic carbocycles. The number of carbonyl (C=O) groups is 2. The number of hydrogen-bond acceptors (Lipinski definition) is 5. The van der Waals surface area contributed by atoms with E-state index in [4.69, 9.17) is 4.52 Å². The number of carbonyl (C=O) groups excluding carboxylic acids is 2. The van der Waals surface area contributed by atoms with E-state index in [2.05, 4.69) is 20.8 Å². The molecule has 1 aliphatic rings. The molecule has 2 aromatic rings. The van der Waals surface area contributed by atoms with Gasteiger partial charge in [0, 0.05) is 44.6 Å². The Hall–Kier alpha value is -2.90. The van der Waals surface area contributed by atoms with Crippen molar-refractivity contribution in [3.63, 3.8) is 0 Å². The molecule has 0 unspecified atom stereocenters. The molecule has 0 radical (unpaired) electrons. The Kier molecular flexibility index (Phi) is 6.28. The van der Waals surface area contributed by atoms with Gasteiger partial charge in [-0.3, -0.25) is 4.79 Å². The summed E-state index contributed by atoms with van der Waals surface area (Å²) in [5.41, 5.74) is 3.08. The van der Waals surface area contributed by atoms with Gasteiger partial charge in [-0.25, -0.2) is 4.79 Å². The molecule has 2 N–H and O–H groups in total. The fourth-order valence-electron chi connectivity index (χ4n) is 3.27. The van der Waals surface area contributed by atoms with Crippen LogP contribution in [0.3, 0.4) is 0 Å². The van der Waals surface area contributed by atoms with Crippen molar-refractivity contribution in [2.75, 3.05) is 25.0 Å². The number of anilines is 1. The number of aryl methyl sites for hydroxylation is 2. The Labute approximate surface area is 164 Å². The molecule has 0 atom stereocenters. The van der Waals surface area contributed by atoms with Crippen molar-refractivity contribution >= 4 is 17.6 Å². The maximum Gasteiger partial charge on any atom is 0.319 e. The first-order valence-electron chi connectivity index (χ1n) is 9.62. The fourth-order valence-corrected chi connectivity index (χ4v) is 3.27. The number of rotatable bonds is 5. The van der Waals surface area contributed by atoms with E-state index in [9.17, 15) is 9.59 Å². The van der Waals surface area contributed by atoms with Crippen LogP contribution in [0.4, 0.5) is 10.5 Å². The van der Waals surface area contributed by atoms with E-state index in [0.717, 1.165) is 37.2 Å². The lowest BCUT2D eigenvalue weighted by Crippen LogP contribution is -2.36. The second kappa shape index (κ2) is 8.86. The molecule has 1 fully saturated rings. The van der Waals surface area contributed by atoms with E-state index in [1.54, 1.807) is 6.92 Å². The Morgan fingerprint density at radius 1 is 1.21 bits per heavy atom. The number of nitrogens with one attached hydrogen (secondary N) is 2. The average Bonchev–Trinajstić information content (AvgIpc) is 3.14. The lowest BCUT2D eigenvalue weighted by atomic mass is 9.96. The molecule has 1 aliphatic heterocycles. The van der Waals surface area contributed by atoms with Gasteiger partial charge < -0.3 is 20.1 Å². The molecule has 0 bridgehead atoms. The molecule has 2 heterocycles. The second-order valence-corrected chi connectivity index (χ2v) is 7.26. The number of urea groups is 1. The van der Waals surface area contributed by atoms with Gasteiger partial charge in [0.1, 0.15) is 0 Å². The highest BCUT2D eigenvalue weighted by Crippen LogP contribution is 2.25. The topological polar surface area (TPSA) is 100 Å². The molecular weight excluding hydrogens is 358 g/mol. The molecule has 0 saturated carbocycles. The van der Waals surface area contributed by atoms with Crippen LogP contribution in [0.1, 0.15) is 48.5 Å². The zero-order valence-corrected chi connectivity index (χ0v) is 16.6. The summed E-state index contributed by atoms with van der Waals surface area (Å²) in [6.45, 7) is 7.49. The van der Waals surface area contributed by atoms with Gasteiger partial charge in [-0.2, -0.15) is 4.98 Å². The predicted octanol–water partition coefficient (Wildman–Crippen LogP) is 2.78. The summed E-state index contributed by atoms with van der Waals surface area (Å²) < 4.78 is 5.31. The largest absolute Gasteiger partial charge is 0.343 e. The van der Waals surface area contributed by atoms with Crippen LogP contribution in [0.2, 0.25) is 0 Å². The van der Waals surface area contributed by atoms with Crippen molar-refractivity contribution in [1.29, 1.82) is 0 Å². The van der Waals surface area contributed by atoms with Crippen LogP contribution < -0.4 is 10.6 Å². The Bertz CT molecular complexity index is 840. The van der Waals surface area contributed by atoms with E-state index < -0.39 is 0 Å². The number of aromatic nitrogens is 2. The summed E-state index contributed by atoms with van der Waals surface area (Å²) in [5, 5.41) is 9.69. The van der Waals surface area contributed by atoms with Gasteiger partial charge in [0.15, 0.2) is 5.82 Å². The van der Waals surface area contributed by atoms with E-state index in [1.807, 2.05) is 36.9 Å². The van der Waals surface area contributed by atoms with Crippen LogP contribution in [0.15, 0.2) is 22.7 Å². The number of hydrogen-bond donors (Lipinski definition) is 2. The van der Waals surface area contributed by atoms with Crippen molar-refractivity contribution < 1.29 is 14.1 Å². The van der Waals surface area contributed by atoms with Crippen LogP contribution in [-0.2, 0) is 11.2 Å². The van der Waals surface area contributed by atoms with E-state index >= 15 is 0 Å². The number of amides is 3. The zero-order valence-electron chi connectivity index (χ0n) is 16.6. The summed E-state index contributed by atoms with van der Waals surface area (Å²) in [6.07, 6.45) is 2.16. The second-order valence-electron chi connectivity index (χ2n) is 7.26. The standard InChI is InChI=1S/C20H27N5O3/c1-13-4-5-17(12-14(13)2)22-20(27)21-9-6-18-23-19(24-28-18)16-7-10-25(11-8-16)15(3)26/h4-5,12,16H,6-11H2,1-3H3,(H2,21,22,27). The van der Waals surface area contributed by atoms with Gasteiger partial charge in [0.05, 0.1) is 0 Å². The van der Waals surface area contributed by atoms with Crippen LogP contribution in [0.5, 0.6) is 0 Å². The molecular formula is C20H27N5O3. The van der Waals surface area contributed by atoms with Crippen molar-refractivity contribution in [3.8, 4) is 0 Å². The van der Waals surface area contributed by atoms with Crippen molar-refractivity contribution in [2.24, 2.45) is 0 Å². The van der Waals surface area contributed by atoms with E-state index in [-0.39, 0.29) is 17.9 Å². The maximum atomic E-state index is 12.0. The number of nitrogens with zero attached hydrogens (tertiary/aromatic N) is 3. The Morgan fingerprint density at radius 3 is 2.64 bits per heavy atom. The molecule has 3 amide bonds. The van der Waals surface area contributed by atoms with Crippen molar-refractivity contribution in [3.05, 3.63) is 41.0 Å². The lowest BCUT2D eigenvalue weighted by molar-refractivity contribution is -0.129.